The van der Waals surface area contributed by atoms with Crippen molar-refractivity contribution in [1.29, 1.82) is 0 Å². The topological polar surface area (TPSA) is 50.2 Å². The Balaban J connectivity index is 1.40. The van der Waals surface area contributed by atoms with Crippen LogP contribution in [0.3, 0.4) is 0 Å². The van der Waals surface area contributed by atoms with Crippen molar-refractivity contribution in [2.24, 2.45) is 5.92 Å². The predicted molar refractivity (Wildman–Crippen MR) is 75.2 cm³/mol. The smallest absolute Gasteiger partial charge is 0.318 e. The molecular formula is C15H22N4O. The molecule has 3 aliphatic rings. The lowest BCUT2D eigenvalue weighted by Gasteiger charge is -2.28. The number of hydrogen-bond acceptors (Lipinski definition) is 2. The summed E-state index contributed by atoms with van der Waals surface area (Å²) >= 11 is 0. The van der Waals surface area contributed by atoms with Gasteiger partial charge in [0.1, 0.15) is 0 Å². The van der Waals surface area contributed by atoms with Gasteiger partial charge in [-0.2, -0.15) is 5.10 Å². The van der Waals surface area contributed by atoms with Crippen LogP contribution in [0, 0.1) is 5.92 Å². The highest BCUT2D eigenvalue weighted by Crippen LogP contribution is 2.53. The molecule has 1 N–H and O–H groups in total. The predicted octanol–water partition coefficient (Wildman–Crippen LogP) is 2.00. The molecule has 4 rings (SSSR count). The minimum atomic E-state index is 0.157. The molecular weight excluding hydrogens is 252 g/mol. The molecule has 1 saturated heterocycles. The summed E-state index contributed by atoms with van der Waals surface area (Å²) in [5, 5.41) is 7.60. The minimum Gasteiger partial charge on any atom is -0.332 e. The normalized spacial score (nSPS) is 27.6. The number of aromatic nitrogens is 2. The van der Waals surface area contributed by atoms with Crippen molar-refractivity contribution in [3.8, 4) is 0 Å². The van der Waals surface area contributed by atoms with E-state index in [1.807, 2.05) is 21.8 Å². The Labute approximate surface area is 119 Å². The van der Waals surface area contributed by atoms with Crippen molar-refractivity contribution in [3.63, 3.8) is 0 Å². The second kappa shape index (κ2) is 4.50. The maximum atomic E-state index is 12.6. The van der Waals surface area contributed by atoms with E-state index in [2.05, 4.69) is 10.4 Å². The summed E-state index contributed by atoms with van der Waals surface area (Å²) in [5.74, 6) is 0.763. The maximum absolute atomic E-state index is 12.6. The number of urea groups is 1. The largest absolute Gasteiger partial charge is 0.332 e. The van der Waals surface area contributed by atoms with Gasteiger partial charge in [0.25, 0.3) is 0 Å². The van der Waals surface area contributed by atoms with E-state index >= 15 is 0 Å². The van der Waals surface area contributed by atoms with Crippen LogP contribution in [-0.2, 0) is 6.54 Å². The van der Waals surface area contributed by atoms with E-state index in [0.717, 1.165) is 31.8 Å². The lowest BCUT2D eigenvalue weighted by Crippen LogP contribution is -2.49. The molecule has 1 aromatic rings. The van der Waals surface area contributed by atoms with Gasteiger partial charge in [0.15, 0.2) is 0 Å². The quantitative estimate of drug-likeness (QED) is 0.913. The summed E-state index contributed by atoms with van der Waals surface area (Å²) in [4.78, 5) is 14.6. The Morgan fingerprint density at radius 2 is 2.20 bits per heavy atom. The molecule has 20 heavy (non-hydrogen) atoms. The third kappa shape index (κ3) is 2.19. The molecule has 1 aliphatic heterocycles. The van der Waals surface area contributed by atoms with Crippen LogP contribution in [0.15, 0.2) is 18.5 Å². The van der Waals surface area contributed by atoms with Gasteiger partial charge in [0, 0.05) is 24.5 Å². The number of likely N-dealkylation sites (tertiary alicyclic amines) is 1. The first-order valence-corrected chi connectivity index (χ1v) is 7.83. The molecule has 5 heteroatoms. The van der Waals surface area contributed by atoms with E-state index in [4.69, 9.17) is 0 Å². The average molecular weight is 274 g/mol. The molecule has 3 fully saturated rings. The number of nitrogens with zero attached hydrogens (tertiary/aromatic N) is 3. The third-order valence-corrected chi connectivity index (χ3v) is 5.10. The van der Waals surface area contributed by atoms with Crippen molar-refractivity contribution in [2.45, 2.75) is 56.7 Å². The van der Waals surface area contributed by atoms with E-state index in [1.165, 1.54) is 25.7 Å². The molecule has 2 aliphatic carbocycles. The van der Waals surface area contributed by atoms with Crippen LogP contribution in [0.1, 0.15) is 38.5 Å². The summed E-state index contributed by atoms with van der Waals surface area (Å²) < 4.78 is 1.93. The maximum Gasteiger partial charge on any atom is 0.318 e. The summed E-state index contributed by atoms with van der Waals surface area (Å²) in [6, 6.07) is 2.39. The zero-order valence-electron chi connectivity index (χ0n) is 11.8. The van der Waals surface area contributed by atoms with Gasteiger partial charge in [-0.25, -0.2) is 4.79 Å². The van der Waals surface area contributed by atoms with Crippen LogP contribution in [0.5, 0.6) is 0 Å². The fraction of sp³-hybridized carbons (Fsp3) is 0.733. The van der Waals surface area contributed by atoms with Gasteiger partial charge in [-0.3, -0.25) is 4.68 Å². The van der Waals surface area contributed by atoms with Gasteiger partial charge in [-0.05, 0) is 50.5 Å². The molecule has 2 saturated carbocycles. The molecule has 0 spiro atoms. The zero-order valence-corrected chi connectivity index (χ0v) is 11.8. The monoisotopic (exact) mass is 274 g/mol. The Morgan fingerprint density at radius 3 is 2.85 bits per heavy atom. The van der Waals surface area contributed by atoms with Gasteiger partial charge < -0.3 is 10.2 Å². The van der Waals surface area contributed by atoms with Crippen LogP contribution in [0.4, 0.5) is 4.79 Å². The van der Waals surface area contributed by atoms with Crippen LogP contribution >= 0.6 is 0 Å². The standard InChI is InChI=1S/C15H22N4O/c20-14(17-15(6-7-15)12-4-5-12)19-10-1-3-13(19)11-18-9-2-8-16-18/h2,8-9,12-13H,1,3-7,10-11H2,(H,17,20). The second-order valence-electron chi connectivity index (χ2n) is 6.58. The van der Waals surface area contributed by atoms with Gasteiger partial charge in [0.2, 0.25) is 0 Å². The number of amides is 2. The van der Waals surface area contributed by atoms with Crippen molar-refractivity contribution in [1.82, 2.24) is 20.0 Å². The van der Waals surface area contributed by atoms with Crippen molar-refractivity contribution >= 4 is 6.03 Å². The lowest BCUT2D eigenvalue weighted by molar-refractivity contribution is 0.179. The highest BCUT2D eigenvalue weighted by atomic mass is 16.2. The Kier molecular flexibility index (Phi) is 2.75. The van der Waals surface area contributed by atoms with E-state index in [1.54, 1.807) is 6.20 Å². The molecule has 1 unspecified atom stereocenters. The van der Waals surface area contributed by atoms with E-state index in [9.17, 15) is 4.79 Å². The lowest BCUT2D eigenvalue weighted by atomic mass is 10.1. The molecule has 2 amide bonds. The minimum absolute atomic E-state index is 0.157. The summed E-state index contributed by atoms with van der Waals surface area (Å²) in [5.41, 5.74) is 0.177. The van der Waals surface area contributed by atoms with Crippen LogP contribution in [0.2, 0.25) is 0 Å². The van der Waals surface area contributed by atoms with Crippen LogP contribution in [-0.4, -0.2) is 38.8 Å². The van der Waals surface area contributed by atoms with Gasteiger partial charge in [0.05, 0.1) is 12.6 Å². The highest BCUT2D eigenvalue weighted by Gasteiger charge is 2.55. The first-order valence-electron chi connectivity index (χ1n) is 7.83. The van der Waals surface area contributed by atoms with Crippen LogP contribution in [0.25, 0.3) is 0 Å². The average Bonchev–Trinajstić information content (AvgIpc) is 3.33. The molecule has 108 valence electrons. The molecule has 0 aromatic carbocycles. The highest BCUT2D eigenvalue weighted by molar-refractivity contribution is 5.76. The first-order chi connectivity index (χ1) is 9.77. The number of rotatable bonds is 4. The van der Waals surface area contributed by atoms with E-state index in [0.29, 0.717) is 6.04 Å². The Bertz CT molecular complexity index is 490. The van der Waals surface area contributed by atoms with Crippen molar-refractivity contribution < 1.29 is 4.79 Å². The van der Waals surface area contributed by atoms with Crippen LogP contribution < -0.4 is 5.32 Å². The Hall–Kier alpha value is -1.52. The third-order valence-electron chi connectivity index (χ3n) is 5.10. The molecule has 5 nitrogen and oxygen atoms in total. The first kappa shape index (κ1) is 12.2. The summed E-state index contributed by atoms with van der Waals surface area (Å²) in [6.45, 7) is 1.70. The van der Waals surface area contributed by atoms with E-state index in [-0.39, 0.29) is 11.6 Å². The number of carbonyl (C=O) groups is 1. The molecule has 1 aromatic heterocycles. The molecule has 0 bridgehead atoms. The Morgan fingerprint density at radius 1 is 1.35 bits per heavy atom. The summed E-state index contributed by atoms with van der Waals surface area (Å²) in [7, 11) is 0. The van der Waals surface area contributed by atoms with Gasteiger partial charge in [-0.1, -0.05) is 0 Å². The fourth-order valence-electron chi connectivity index (χ4n) is 3.61. The zero-order chi connectivity index (χ0) is 13.6. The van der Waals surface area contributed by atoms with Gasteiger partial charge in [-0.15, -0.1) is 0 Å². The van der Waals surface area contributed by atoms with Crippen molar-refractivity contribution in [3.05, 3.63) is 18.5 Å². The number of nitrogens with one attached hydrogen (secondary N) is 1. The summed E-state index contributed by atoms with van der Waals surface area (Å²) in [6.07, 6.45) is 10.9. The molecule has 1 atom stereocenters. The van der Waals surface area contributed by atoms with E-state index < -0.39 is 0 Å². The molecule has 0 radical (unpaired) electrons. The SMILES string of the molecule is O=C(NC1(C2CC2)CC1)N1CCCC1Cn1cccn1. The van der Waals surface area contributed by atoms with Gasteiger partial charge >= 0.3 is 6.03 Å². The number of hydrogen-bond donors (Lipinski definition) is 1. The second-order valence-corrected chi connectivity index (χ2v) is 6.58. The fourth-order valence-corrected chi connectivity index (χ4v) is 3.61. The molecule has 2 heterocycles. The van der Waals surface area contributed by atoms with Crippen molar-refractivity contribution in [2.75, 3.05) is 6.54 Å². The number of carbonyl (C=O) groups excluding carboxylic acids is 1.